The van der Waals surface area contributed by atoms with Crippen LogP contribution in [-0.4, -0.2) is 82.1 Å². The highest BCUT2D eigenvalue weighted by atomic mass is 19.1. The molecule has 5 rings (SSSR count). The van der Waals surface area contributed by atoms with Gasteiger partial charge in [-0.25, -0.2) is 4.39 Å². The third kappa shape index (κ3) is 5.27. The fourth-order valence-corrected chi connectivity index (χ4v) is 5.14. The Balaban J connectivity index is 1.46. The molecule has 0 aliphatic carbocycles. The van der Waals surface area contributed by atoms with Crippen LogP contribution < -0.4 is 10.1 Å². The number of nitrogens with one attached hydrogen (secondary N) is 1. The topological polar surface area (TPSA) is 115 Å². The fourth-order valence-electron chi connectivity index (χ4n) is 5.14. The van der Waals surface area contributed by atoms with Crippen molar-refractivity contribution < 1.29 is 33.7 Å². The molecule has 1 aromatic carbocycles. The summed E-state index contributed by atoms with van der Waals surface area (Å²) in [6, 6.07) is 4.10. The molecule has 1 unspecified atom stereocenters. The molecule has 2 amide bonds. The first-order chi connectivity index (χ1) is 18.5. The van der Waals surface area contributed by atoms with Gasteiger partial charge < -0.3 is 29.9 Å². The normalized spacial score (nSPS) is 26.6. The van der Waals surface area contributed by atoms with Crippen LogP contribution in [0.3, 0.4) is 0 Å². The Bertz CT molecular complexity index is 1170. The summed E-state index contributed by atoms with van der Waals surface area (Å²) < 4.78 is 25.3. The minimum Gasteiger partial charge on any atom is -0.507 e. The van der Waals surface area contributed by atoms with Crippen LogP contribution in [0.15, 0.2) is 53.6 Å². The van der Waals surface area contributed by atoms with E-state index in [1.54, 1.807) is 4.90 Å². The lowest BCUT2D eigenvalue weighted by molar-refractivity contribution is -0.183. The van der Waals surface area contributed by atoms with Crippen molar-refractivity contribution in [2.45, 2.75) is 50.9 Å². The molecule has 0 saturated carbocycles. The highest BCUT2D eigenvalue weighted by Crippen LogP contribution is 2.34. The van der Waals surface area contributed by atoms with Crippen molar-refractivity contribution in [1.82, 2.24) is 20.2 Å². The molecule has 3 N–H and O–H groups in total. The van der Waals surface area contributed by atoms with E-state index in [1.165, 1.54) is 29.4 Å². The van der Waals surface area contributed by atoms with Gasteiger partial charge in [-0.1, -0.05) is 24.6 Å². The molecule has 11 heteroatoms. The molecule has 2 bridgehead atoms. The molecule has 0 radical (unpaired) electrons. The number of rotatable bonds is 0. The number of allylic oxidation sites excluding steroid dienone is 1. The first-order valence-corrected chi connectivity index (χ1v) is 13.1. The van der Waals surface area contributed by atoms with Crippen LogP contribution in [0.25, 0.3) is 0 Å². The molecule has 4 aliphatic rings. The van der Waals surface area contributed by atoms with E-state index in [-0.39, 0.29) is 17.8 Å². The van der Waals surface area contributed by atoms with E-state index in [4.69, 9.17) is 9.47 Å². The summed E-state index contributed by atoms with van der Waals surface area (Å²) in [4.78, 5) is 28.2. The average molecular weight is 529 g/mol. The summed E-state index contributed by atoms with van der Waals surface area (Å²) in [5.74, 6) is -1.75. The molecule has 38 heavy (non-hydrogen) atoms. The number of halogens is 1. The number of morpholine rings is 1. The molecule has 10 nitrogen and oxygen atoms in total. The minimum atomic E-state index is -1.67. The zero-order valence-corrected chi connectivity index (χ0v) is 21.1. The van der Waals surface area contributed by atoms with Gasteiger partial charge in [0.1, 0.15) is 23.8 Å². The second-order valence-corrected chi connectivity index (χ2v) is 9.68. The third-order valence-electron chi connectivity index (χ3n) is 7.17. The van der Waals surface area contributed by atoms with Crippen LogP contribution in [0.2, 0.25) is 0 Å². The van der Waals surface area contributed by atoms with Crippen LogP contribution in [0, 0.1) is 5.82 Å². The maximum absolute atomic E-state index is 13.9. The van der Waals surface area contributed by atoms with E-state index in [0.717, 1.165) is 25.7 Å². The number of benzene rings is 1. The zero-order valence-electron chi connectivity index (χ0n) is 21.1. The van der Waals surface area contributed by atoms with Crippen LogP contribution in [-0.2, 0) is 20.9 Å². The Kier molecular flexibility index (Phi) is 7.96. The predicted octanol–water partition coefficient (Wildman–Crippen LogP) is 2.09. The van der Waals surface area contributed by atoms with Crippen molar-refractivity contribution in [3.05, 3.63) is 65.0 Å². The molecule has 4 aliphatic heterocycles. The Morgan fingerprint density at radius 3 is 2.76 bits per heavy atom. The second-order valence-electron chi connectivity index (χ2n) is 9.68. The zero-order chi connectivity index (χ0) is 26.6. The Morgan fingerprint density at radius 1 is 1.05 bits per heavy atom. The number of hydrogen-bond donors (Lipinski definition) is 3. The number of ether oxygens (including phenoxy) is 2. The van der Waals surface area contributed by atoms with Gasteiger partial charge in [0, 0.05) is 37.5 Å². The summed E-state index contributed by atoms with van der Waals surface area (Å²) in [7, 11) is 0. The molecule has 2 fully saturated rings. The molecular formula is C27H33FN4O6. The monoisotopic (exact) mass is 528 g/mol. The van der Waals surface area contributed by atoms with Crippen LogP contribution in [0.1, 0.15) is 37.7 Å². The smallest absolute Gasteiger partial charge is 0.277 e. The van der Waals surface area contributed by atoms with E-state index in [1.807, 2.05) is 11.1 Å². The van der Waals surface area contributed by atoms with Crippen molar-refractivity contribution in [2.24, 2.45) is 0 Å². The summed E-state index contributed by atoms with van der Waals surface area (Å²) in [6.45, 7) is 1.99. The fraction of sp³-hybridized carbons (Fsp3) is 0.481. The Hall–Kier alpha value is -3.41. The van der Waals surface area contributed by atoms with Gasteiger partial charge in [-0.15, -0.1) is 0 Å². The number of aliphatic hydroxyl groups is 2. The highest BCUT2D eigenvalue weighted by Gasteiger charge is 2.48. The molecule has 0 spiro atoms. The number of carbonyl (C=O) groups excluding carboxylic acids is 2. The predicted molar refractivity (Wildman–Crippen MR) is 135 cm³/mol. The molecule has 1 aromatic rings. The third-order valence-corrected chi connectivity index (χ3v) is 7.17. The number of fused-ring (bicyclic) bond motifs is 3. The van der Waals surface area contributed by atoms with Crippen LogP contribution in [0.4, 0.5) is 4.39 Å². The second kappa shape index (κ2) is 11.5. The van der Waals surface area contributed by atoms with Crippen LogP contribution >= 0.6 is 0 Å². The quantitative estimate of drug-likeness (QED) is 0.439. The van der Waals surface area contributed by atoms with Gasteiger partial charge in [0.15, 0.2) is 11.5 Å². The Labute approximate surface area is 220 Å². The van der Waals surface area contributed by atoms with E-state index in [9.17, 15) is 24.2 Å². The number of nitrogens with zero attached hydrogens (tertiary/aromatic N) is 3. The van der Waals surface area contributed by atoms with E-state index >= 15 is 0 Å². The molecular weight excluding hydrogens is 495 g/mol. The maximum Gasteiger partial charge on any atom is 0.277 e. The molecule has 2 atom stereocenters. The van der Waals surface area contributed by atoms with Gasteiger partial charge in [-0.3, -0.25) is 14.6 Å². The van der Waals surface area contributed by atoms with Gasteiger partial charge in [-0.2, -0.15) is 5.01 Å². The summed E-state index contributed by atoms with van der Waals surface area (Å²) in [5, 5.41) is 27.9. The van der Waals surface area contributed by atoms with Crippen LogP contribution in [0.5, 0.6) is 5.75 Å². The lowest BCUT2D eigenvalue weighted by Gasteiger charge is -2.52. The van der Waals surface area contributed by atoms with Crippen molar-refractivity contribution in [1.29, 1.82) is 0 Å². The number of carbonyl (C=O) groups is 2. The number of aliphatic hydroxyl groups excluding tert-OH is 2. The highest BCUT2D eigenvalue weighted by molar-refractivity contribution is 5.99. The summed E-state index contributed by atoms with van der Waals surface area (Å²) >= 11 is 0. The first-order valence-electron chi connectivity index (χ1n) is 13.1. The lowest BCUT2D eigenvalue weighted by Crippen LogP contribution is -2.67. The largest absolute Gasteiger partial charge is 0.507 e. The lowest BCUT2D eigenvalue weighted by atomic mass is 10.0. The van der Waals surface area contributed by atoms with Gasteiger partial charge in [0.25, 0.3) is 11.8 Å². The van der Waals surface area contributed by atoms with E-state index in [0.29, 0.717) is 50.6 Å². The first kappa shape index (κ1) is 26.2. The van der Waals surface area contributed by atoms with Crippen molar-refractivity contribution >= 4 is 11.8 Å². The van der Waals surface area contributed by atoms with Crippen molar-refractivity contribution in [2.75, 3.05) is 32.9 Å². The van der Waals surface area contributed by atoms with E-state index in [2.05, 4.69) is 11.4 Å². The molecule has 2 saturated heterocycles. The summed E-state index contributed by atoms with van der Waals surface area (Å²) in [6.07, 6.45) is 7.81. The summed E-state index contributed by atoms with van der Waals surface area (Å²) in [5.41, 5.74) is 0.397. The van der Waals surface area contributed by atoms with Gasteiger partial charge >= 0.3 is 0 Å². The number of amides is 2. The van der Waals surface area contributed by atoms with E-state index < -0.39 is 35.7 Å². The minimum absolute atomic E-state index is 0.0125. The van der Waals surface area contributed by atoms with Crippen molar-refractivity contribution in [3.63, 3.8) is 0 Å². The van der Waals surface area contributed by atoms with Crippen molar-refractivity contribution in [3.8, 4) is 5.75 Å². The number of hydrazine groups is 1. The molecule has 204 valence electrons. The maximum atomic E-state index is 13.9. The number of hydrogen-bond acceptors (Lipinski definition) is 8. The standard InChI is InChI=1S/C27H33FN4O6/c28-19-9-8-18-15-29-26(35)20-16-32-23(25(34)24(20)33)27(36)30-11-13-37-17-22(30)31(32)10-6-4-2-1-3-5-7-12-38-21(18)14-19/h3,5,8-9,14,16,22,24,33-34H,1-2,4,6-7,10-13,15,17H2,(H,29,35)/b5-3-/t22-,24?/m0/s1. The van der Waals surface area contributed by atoms with Gasteiger partial charge in [0.05, 0.1) is 25.4 Å². The molecule has 0 aromatic heterocycles. The average Bonchev–Trinajstić information content (AvgIpc) is 2.91. The van der Waals surface area contributed by atoms with Gasteiger partial charge in [-0.05, 0) is 31.7 Å². The molecule has 4 heterocycles. The SMILES string of the molecule is O=C1NCc2ccc(F)cc2OCC/C=C\CCCCCN2[C@H]3COCCN3C(=O)C3=C(O)C(O)C1=CN32. The van der Waals surface area contributed by atoms with Gasteiger partial charge in [0.2, 0.25) is 0 Å². The Morgan fingerprint density at radius 2 is 1.89 bits per heavy atom.